The first-order valence-corrected chi connectivity index (χ1v) is 12.8. The fourth-order valence-electron chi connectivity index (χ4n) is 6.07. The van der Waals surface area contributed by atoms with Gasteiger partial charge in [-0.2, -0.15) is 25.3 Å². The summed E-state index contributed by atoms with van der Waals surface area (Å²) in [6, 6.07) is 2.47. The van der Waals surface area contributed by atoms with Crippen LogP contribution in [0.25, 0.3) is 11.0 Å². The molecule has 1 aliphatic heterocycles. The second-order valence-corrected chi connectivity index (χ2v) is 11.2. The number of rotatable bonds is 8. The number of ether oxygens (including phenoxy) is 1. The summed E-state index contributed by atoms with van der Waals surface area (Å²) in [5.74, 6) is 1.72. The highest BCUT2D eigenvalue weighted by Gasteiger charge is 2.57. The zero-order chi connectivity index (χ0) is 24.3. The number of nitriles is 1. The number of fused-ring (bicyclic) bond motifs is 1. The molecule has 1 saturated heterocycles. The summed E-state index contributed by atoms with van der Waals surface area (Å²) in [7, 11) is 0. The van der Waals surface area contributed by atoms with Crippen LogP contribution in [-0.4, -0.2) is 60.6 Å². The number of aromatic amines is 1. The summed E-state index contributed by atoms with van der Waals surface area (Å²) in [5, 5.41) is 17.8. The Labute approximate surface area is 207 Å². The molecule has 4 heterocycles. The van der Waals surface area contributed by atoms with Crippen molar-refractivity contribution in [2.45, 2.75) is 57.3 Å². The molecule has 36 heavy (non-hydrogen) atoms. The van der Waals surface area contributed by atoms with E-state index in [4.69, 9.17) is 4.74 Å². The lowest BCUT2D eigenvalue weighted by atomic mass is 9.43. The van der Waals surface area contributed by atoms with Crippen LogP contribution in [0.15, 0.2) is 12.5 Å². The van der Waals surface area contributed by atoms with E-state index in [0.717, 1.165) is 75.0 Å². The Bertz CT molecular complexity index is 1370. The van der Waals surface area contributed by atoms with Crippen LogP contribution in [0, 0.1) is 28.1 Å². The van der Waals surface area contributed by atoms with E-state index in [1.807, 2.05) is 0 Å². The molecule has 4 aliphatic carbocycles. The van der Waals surface area contributed by atoms with Crippen molar-refractivity contribution in [3.05, 3.63) is 24.0 Å². The van der Waals surface area contributed by atoms with Crippen molar-refractivity contribution in [2.75, 3.05) is 24.6 Å². The van der Waals surface area contributed by atoms with Gasteiger partial charge in [-0.25, -0.2) is 9.97 Å². The molecule has 184 valence electrons. The number of H-pyrrole nitrogens is 1. The summed E-state index contributed by atoms with van der Waals surface area (Å²) in [6.45, 7) is 1.69. The fourth-order valence-corrected chi connectivity index (χ4v) is 6.07. The van der Waals surface area contributed by atoms with E-state index in [1.165, 1.54) is 6.33 Å². The second kappa shape index (κ2) is 7.91. The second-order valence-electron chi connectivity index (χ2n) is 11.2. The maximum Gasteiger partial charge on any atom is 0.321 e. The highest BCUT2D eigenvalue weighted by atomic mass is 16.5. The molecule has 8 rings (SSSR count). The van der Waals surface area contributed by atoms with Gasteiger partial charge in [0, 0.05) is 37.3 Å². The van der Waals surface area contributed by atoms with Crippen molar-refractivity contribution in [2.24, 2.45) is 16.7 Å². The summed E-state index contributed by atoms with van der Waals surface area (Å²) < 4.78 is 5.86. The van der Waals surface area contributed by atoms with Crippen LogP contribution < -0.4 is 9.64 Å². The van der Waals surface area contributed by atoms with Gasteiger partial charge in [-0.15, -0.1) is 0 Å². The number of anilines is 1. The first kappa shape index (κ1) is 21.6. The average molecular weight is 486 g/mol. The van der Waals surface area contributed by atoms with Crippen LogP contribution in [0.1, 0.15) is 73.6 Å². The van der Waals surface area contributed by atoms with E-state index < -0.39 is 5.41 Å². The number of piperidine rings is 1. The van der Waals surface area contributed by atoms with Gasteiger partial charge < -0.3 is 9.64 Å². The van der Waals surface area contributed by atoms with Crippen LogP contribution in [-0.2, 0) is 0 Å². The zero-order valence-corrected chi connectivity index (χ0v) is 20.0. The number of hydrogen-bond acceptors (Lipinski definition) is 10. The lowest BCUT2D eigenvalue weighted by Crippen LogP contribution is -2.52. The van der Waals surface area contributed by atoms with Crippen molar-refractivity contribution in [3.8, 4) is 12.1 Å². The summed E-state index contributed by atoms with van der Waals surface area (Å²) in [6.07, 6.45) is 10.6. The third-order valence-electron chi connectivity index (χ3n) is 8.57. The molecule has 0 aromatic carbocycles. The topological polar surface area (TPSA) is 146 Å². The Morgan fingerprint density at radius 3 is 2.69 bits per heavy atom. The molecule has 0 radical (unpaired) electrons. The lowest BCUT2D eigenvalue weighted by molar-refractivity contribution is -0.103. The Morgan fingerprint density at radius 1 is 1.19 bits per heavy atom. The molecule has 1 N–H and O–H groups in total. The Kier molecular flexibility index (Phi) is 4.75. The molecule has 0 amide bonds. The highest BCUT2D eigenvalue weighted by Crippen LogP contribution is 2.66. The minimum absolute atomic E-state index is 0.0399. The van der Waals surface area contributed by atoms with E-state index in [9.17, 15) is 10.1 Å². The molecule has 11 nitrogen and oxygen atoms in total. The van der Waals surface area contributed by atoms with E-state index in [-0.39, 0.29) is 29.6 Å². The number of nitrogens with zero attached hydrogens (tertiary/aromatic N) is 8. The van der Waals surface area contributed by atoms with Crippen LogP contribution >= 0.6 is 0 Å². The predicted octanol–water partition coefficient (Wildman–Crippen LogP) is 2.98. The van der Waals surface area contributed by atoms with Gasteiger partial charge in [0.25, 0.3) is 0 Å². The summed E-state index contributed by atoms with van der Waals surface area (Å²) in [5.41, 5.74) is 1.46. The predicted molar refractivity (Wildman–Crippen MR) is 127 cm³/mol. The minimum atomic E-state index is -0.447. The standard InChI is InChI=1S/C25H27N9O2/c26-12-24(3-4-24)13-36-23-30-21(18(35)10-25-7-15(8-25)9-25)29-22(31-23)34-5-1-16(2-6-34)19-17-11-27-14-28-20(17)33-32-19/h11,14-16H,1-10,13H2,(H,27,28,32,33). The Morgan fingerprint density at radius 2 is 2.00 bits per heavy atom. The average Bonchev–Trinajstić information content (AvgIpc) is 3.53. The third kappa shape index (κ3) is 3.67. The largest absolute Gasteiger partial charge is 0.462 e. The first-order chi connectivity index (χ1) is 17.5. The molecule has 0 unspecified atom stereocenters. The molecule has 5 fully saturated rings. The third-order valence-corrected chi connectivity index (χ3v) is 8.57. The van der Waals surface area contributed by atoms with Gasteiger partial charge in [0.05, 0.1) is 16.9 Å². The normalized spacial score (nSPS) is 26.1. The fraction of sp³-hybridized carbons (Fsp3) is 0.600. The number of aromatic nitrogens is 7. The van der Waals surface area contributed by atoms with Gasteiger partial charge in [-0.3, -0.25) is 9.89 Å². The van der Waals surface area contributed by atoms with Crippen molar-refractivity contribution in [1.82, 2.24) is 35.1 Å². The summed E-state index contributed by atoms with van der Waals surface area (Å²) in [4.78, 5) is 37.2. The van der Waals surface area contributed by atoms with Gasteiger partial charge in [-0.05, 0) is 56.3 Å². The molecular weight excluding hydrogens is 458 g/mol. The molecule has 4 saturated carbocycles. The smallest absolute Gasteiger partial charge is 0.321 e. The Hall–Kier alpha value is -3.68. The van der Waals surface area contributed by atoms with E-state index in [2.05, 4.69) is 46.1 Å². The van der Waals surface area contributed by atoms with Crippen molar-refractivity contribution >= 4 is 22.8 Å². The van der Waals surface area contributed by atoms with Crippen LogP contribution in [0.4, 0.5) is 5.95 Å². The van der Waals surface area contributed by atoms with Gasteiger partial charge >= 0.3 is 6.01 Å². The number of carbonyl (C=O) groups excluding carboxylic acids is 1. The molecular formula is C25H27N9O2. The number of Topliss-reactive ketones (excluding diaryl/α,β-unsaturated/α-hetero) is 1. The minimum Gasteiger partial charge on any atom is -0.462 e. The molecule has 3 aromatic heterocycles. The maximum absolute atomic E-state index is 13.2. The van der Waals surface area contributed by atoms with E-state index in [0.29, 0.717) is 23.9 Å². The molecule has 11 heteroatoms. The van der Waals surface area contributed by atoms with Crippen LogP contribution in [0.3, 0.4) is 0 Å². The number of hydrogen-bond donors (Lipinski definition) is 1. The SMILES string of the molecule is N#CC1(COc2nc(C(=O)CC34CC(C3)C4)nc(N3CCC(c4[nH]nc5ncncc45)CC3)n2)CC1. The maximum atomic E-state index is 13.2. The molecule has 0 spiro atoms. The molecule has 3 aromatic rings. The monoisotopic (exact) mass is 485 g/mol. The number of nitrogens with one attached hydrogen (secondary N) is 1. The van der Waals surface area contributed by atoms with Crippen molar-refractivity contribution in [1.29, 1.82) is 5.26 Å². The van der Waals surface area contributed by atoms with Gasteiger partial charge in [0.2, 0.25) is 17.6 Å². The van der Waals surface area contributed by atoms with Gasteiger partial charge in [-0.1, -0.05) is 0 Å². The van der Waals surface area contributed by atoms with Gasteiger partial charge in [0.15, 0.2) is 5.65 Å². The first-order valence-electron chi connectivity index (χ1n) is 12.8. The number of carbonyl (C=O) groups is 1. The number of ketones is 1. The molecule has 0 atom stereocenters. The van der Waals surface area contributed by atoms with Crippen molar-refractivity contribution < 1.29 is 9.53 Å². The zero-order valence-electron chi connectivity index (χ0n) is 20.0. The summed E-state index contributed by atoms with van der Waals surface area (Å²) >= 11 is 0. The lowest BCUT2D eigenvalue weighted by Gasteiger charge is -2.61. The molecule has 5 aliphatic rings. The van der Waals surface area contributed by atoms with Crippen molar-refractivity contribution in [3.63, 3.8) is 0 Å². The van der Waals surface area contributed by atoms with Crippen LogP contribution in [0.2, 0.25) is 0 Å². The van der Waals surface area contributed by atoms with Gasteiger partial charge in [0.1, 0.15) is 12.9 Å². The van der Waals surface area contributed by atoms with E-state index in [1.54, 1.807) is 6.20 Å². The van der Waals surface area contributed by atoms with E-state index >= 15 is 0 Å². The van der Waals surface area contributed by atoms with Crippen LogP contribution in [0.5, 0.6) is 6.01 Å². The Balaban J connectivity index is 1.10. The quantitative estimate of drug-likeness (QED) is 0.472. The highest BCUT2D eigenvalue weighted by molar-refractivity contribution is 5.93. The molecule has 2 bridgehead atoms.